The lowest BCUT2D eigenvalue weighted by Crippen LogP contribution is -2.26. The van der Waals surface area contributed by atoms with Crippen LogP contribution in [-0.4, -0.2) is 24.1 Å². The molecule has 2 aliphatic rings. The maximum Gasteiger partial charge on any atom is 0.0598 e. The molecule has 3 heteroatoms. The van der Waals surface area contributed by atoms with E-state index in [0.29, 0.717) is 6.04 Å². The molecule has 0 radical (unpaired) electrons. The van der Waals surface area contributed by atoms with E-state index in [1.54, 1.807) is 0 Å². The van der Waals surface area contributed by atoms with Crippen molar-refractivity contribution in [2.75, 3.05) is 18.0 Å². The van der Waals surface area contributed by atoms with Crippen LogP contribution in [-0.2, 0) is 6.54 Å². The van der Waals surface area contributed by atoms with Gasteiger partial charge in [0.05, 0.1) is 11.9 Å². The highest BCUT2D eigenvalue weighted by Gasteiger charge is 2.36. The highest BCUT2D eigenvalue weighted by molar-refractivity contribution is 5.52. The van der Waals surface area contributed by atoms with E-state index in [1.807, 2.05) is 6.20 Å². The number of aromatic nitrogens is 1. The predicted molar refractivity (Wildman–Crippen MR) is 79.3 cm³/mol. The number of anilines is 1. The van der Waals surface area contributed by atoms with E-state index in [2.05, 4.69) is 41.3 Å². The molecule has 0 amide bonds. The molecular formula is C16H25N3. The van der Waals surface area contributed by atoms with Crippen LogP contribution < -0.4 is 10.2 Å². The zero-order chi connectivity index (χ0) is 13.2. The Balaban J connectivity index is 1.73. The summed E-state index contributed by atoms with van der Waals surface area (Å²) in [5.74, 6) is 1.87. The van der Waals surface area contributed by atoms with Crippen molar-refractivity contribution in [2.24, 2.45) is 11.8 Å². The molecule has 104 valence electrons. The fourth-order valence-corrected chi connectivity index (χ4v) is 3.59. The van der Waals surface area contributed by atoms with Crippen LogP contribution in [0.25, 0.3) is 0 Å². The first-order valence-electron chi connectivity index (χ1n) is 7.65. The number of fused-ring (bicyclic) bond motifs is 1. The molecule has 1 saturated heterocycles. The van der Waals surface area contributed by atoms with Gasteiger partial charge in [0.1, 0.15) is 0 Å². The molecule has 1 aromatic rings. The van der Waals surface area contributed by atoms with Crippen molar-refractivity contribution in [2.45, 2.75) is 45.7 Å². The fourth-order valence-electron chi connectivity index (χ4n) is 3.59. The second-order valence-corrected chi connectivity index (χ2v) is 6.40. The van der Waals surface area contributed by atoms with Crippen molar-refractivity contribution in [3.8, 4) is 0 Å². The Morgan fingerprint density at radius 3 is 2.74 bits per heavy atom. The van der Waals surface area contributed by atoms with Crippen molar-refractivity contribution in [1.82, 2.24) is 10.3 Å². The van der Waals surface area contributed by atoms with Crippen LogP contribution in [0.5, 0.6) is 0 Å². The summed E-state index contributed by atoms with van der Waals surface area (Å²) >= 11 is 0. The van der Waals surface area contributed by atoms with Crippen LogP contribution in [0.4, 0.5) is 5.69 Å². The summed E-state index contributed by atoms with van der Waals surface area (Å²) in [6.07, 6.45) is 8.27. The average molecular weight is 259 g/mol. The Morgan fingerprint density at radius 2 is 2.05 bits per heavy atom. The summed E-state index contributed by atoms with van der Waals surface area (Å²) in [5, 5.41) is 3.52. The van der Waals surface area contributed by atoms with Gasteiger partial charge in [-0.1, -0.05) is 20.3 Å². The quantitative estimate of drug-likeness (QED) is 0.901. The maximum absolute atomic E-state index is 4.34. The van der Waals surface area contributed by atoms with E-state index < -0.39 is 0 Å². The first-order valence-corrected chi connectivity index (χ1v) is 7.65. The third-order valence-corrected chi connectivity index (χ3v) is 4.66. The third-order valence-electron chi connectivity index (χ3n) is 4.66. The topological polar surface area (TPSA) is 28.2 Å². The summed E-state index contributed by atoms with van der Waals surface area (Å²) < 4.78 is 0. The third kappa shape index (κ3) is 2.76. The van der Waals surface area contributed by atoms with Gasteiger partial charge in [0.25, 0.3) is 0 Å². The number of hydrogen-bond acceptors (Lipinski definition) is 3. The number of rotatable bonds is 4. The zero-order valence-electron chi connectivity index (χ0n) is 12.1. The normalized spacial score (nSPS) is 26.2. The first-order chi connectivity index (χ1) is 9.24. The molecule has 1 aromatic heterocycles. The minimum absolute atomic E-state index is 0.527. The molecule has 2 fully saturated rings. The standard InChI is InChI=1S/C16H25N3/c1-12(2)18-8-13-6-7-17-9-16(13)19-10-14-4-3-5-15(14)11-19/h6-7,9,12,14-15,18H,3-5,8,10-11H2,1-2H3. The molecule has 2 unspecified atom stereocenters. The molecular weight excluding hydrogens is 234 g/mol. The van der Waals surface area contributed by atoms with Crippen molar-refractivity contribution in [3.05, 3.63) is 24.0 Å². The SMILES string of the molecule is CC(C)NCc1ccncc1N1CC2CCCC2C1. The number of pyridine rings is 1. The summed E-state index contributed by atoms with van der Waals surface area (Å²) in [6, 6.07) is 2.69. The number of hydrogen-bond donors (Lipinski definition) is 1. The monoisotopic (exact) mass is 259 g/mol. The van der Waals surface area contributed by atoms with Crippen molar-refractivity contribution in [3.63, 3.8) is 0 Å². The summed E-state index contributed by atoms with van der Waals surface area (Å²) in [4.78, 5) is 6.91. The zero-order valence-corrected chi connectivity index (χ0v) is 12.1. The Hall–Kier alpha value is -1.09. The van der Waals surface area contributed by atoms with Crippen LogP contribution in [0.3, 0.4) is 0 Å². The molecule has 19 heavy (non-hydrogen) atoms. The summed E-state index contributed by atoms with van der Waals surface area (Å²) in [7, 11) is 0. The lowest BCUT2D eigenvalue weighted by Gasteiger charge is -2.23. The second kappa shape index (κ2) is 5.49. The van der Waals surface area contributed by atoms with Gasteiger partial charge < -0.3 is 10.2 Å². The smallest absolute Gasteiger partial charge is 0.0598 e. The van der Waals surface area contributed by atoms with Crippen LogP contribution in [0.2, 0.25) is 0 Å². The number of nitrogens with one attached hydrogen (secondary N) is 1. The molecule has 1 saturated carbocycles. The molecule has 1 aliphatic carbocycles. The molecule has 1 N–H and O–H groups in total. The lowest BCUT2D eigenvalue weighted by molar-refractivity contribution is 0.494. The minimum Gasteiger partial charge on any atom is -0.369 e. The van der Waals surface area contributed by atoms with Gasteiger partial charge in [-0.3, -0.25) is 4.98 Å². The van der Waals surface area contributed by atoms with Gasteiger partial charge in [0.15, 0.2) is 0 Å². The number of nitrogens with zero attached hydrogens (tertiary/aromatic N) is 2. The minimum atomic E-state index is 0.527. The van der Waals surface area contributed by atoms with E-state index in [1.165, 1.54) is 43.6 Å². The predicted octanol–water partition coefficient (Wildman–Crippen LogP) is 2.82. The van der Waals surface area contributed by atoms with Crippen molar-refractivity contribution < 1.29 is 0 Å². The average Bonchev–Trinajstić information content (AvgIpc) is 2.97. The molecule has 0 aromatic carbocycles. The van der Waals surface area contributed by atoms with Crippen LogP contribution in [0, 0.1) is 11.8 Å². The van der Waals surface area contributed by atoms with Gasteiger partial charge in [0.2, 0.25) is 0 Å². The Labute approximate surface area is 116 Å². The van der Waals surface area contributed by atoms with E-state index >= 15 is 0 Å². The summed E-state index contributed by atoms with van der Waals surface area (Å²) in [6.45, 7) is 7.82. The summed E-state index contributed by atoms with van der Waals surface area (Å²) in [5.41, 5.74) is 2.74. The van der Waals surface area contributed by atoms with E-state index in [4.69, 9.17) is 0 Å². The Bertz CT molecular complexity index is 418. The van der Waals surface area contributed by atoms with E-state index in [9.17, 15) is 0 Å². The highest BCUT2D eigenvalue weighted by atomic mass is 15.2. The highest BCUT2D eigenvalue weighted by Crippen LogP contribution is 2.40. The maximum atomic E-state index is 4.34. The molecule has 3 nitrogen and oxygen atoms in total. The lowest BCUT2D eigenvalue weighted by atomic mass is 10.0. The van der Waals surface area contributed by atoms with Gasteiger partial charge in [0, 0.05) is 31.9 Å². The molecule has 2 atom stereocenters. The largest absolute Gasteiger partial charge is 0.369 e. The van der Waals surface area contributed by atoms with Crippen LogP contribution >= 0.6 is 0 Å². The molecule has 0 spiro atoms. The van der Waals surface area contributed by atoms with Gasteiger partial charge in [-0.05, 0) is 36.3 Å². The van der Waals surface area contributed by atoms with Crippen molar-refractivity contribution in [1.29, 1.82) is 0 Å². The Morgan fingerprint density at radius 1 is 1.32 bits per heavy atom. The fraction of sp³-hybridized carbons (Fsp3) is 0.688. The molecule has 1 aliphatic heterocycles. The van der Waals surface area contributed by atoms with E-state index in [0.717, 1.165) is 18.4 Å². The van der Waals surface area contributed by atoms with Gasteiger partial charge in [-0.2, -0.15) is 0 Å². The molecule has 0 bridgehead atoms. The molecule has 3 rings (SSSR count). The van der Waals surface area contributed by atoms with Crippen LogP contribution in [0.1, 0.15) is 38.7 Å². The second-order valence-electron chi connectivity index (χ2n) is 6.40. The van der Waals surface area contributed by atoms with E-state index in [-0.39, 0.29) is 0 Å². The van der Waals surface area contributed by atoms with Crippen molar-refractivity contribution >= 4 is 5.69 Å². The Kier molecular flexibility index (Phi) is 3.74. The van der Waals surface area contributed by atoms with Gasteiger partial charge in [-0.15, -0.1) is 0 Å². The van der Waals surface area contributed by atoms with Gasteiger partial charge >= 0.3 is 0 Å². The first kappa shape index (κ1) is 12.9. The molecule has 2 heterocycles. The van der Waals surface area contributed by atoms with Crippen LogP contribution in [0.15, 0.2) is 18.5 Å². The van der Waals surface area contributed by atoms with Gasteiger partial charge in [-0.25, -0.2) is 0 Å².